The molecule has 1 aliphatic rings. The molecule has 0 radical (unpaired) electrons. The van der Waals surface area contributed by atoms with Crippen molar-refractivity contribution in [3.05, 3.63) is 30.1 Å². The molecule has 1 N–H and O–H groups in total. The average molecular weight is 251 g/mol. The number of piperazine rings is 1. The van der Waals surface area contributed by atoms with Crippen LogP contribution in [-0.4, -0.2) is 50.7 Å². The van der Waals surface area contributed by atoms with Crippen molar-refractivity contribution < 1.29 is 4.39 Å². The Kier molecular flexibility index (Phi) is 4.19. The van der Waals surface area contributed by atoms with Gasteiger partial charge in [0.25, 0.3) is 0 Å². The molecule has 4 heteroatoms. The molecule has 2 unspecified atom stereocenters. The normalized spacial score (nSPS) is 24.6. The van der Waals surface area contributed by atoms with Crippen LogP contribution in [0.1, 0.15) is 6.92 Å². The lowest BCUT2D eigenvalue weighted by atomic mass is 10.1. The van der Waals surface area contributed by atoms with Gasteiger partial charge in [-0.25, -0.2) is 4.39 Å². The first-order chi connectivity index (χ1) is 8.59. The van der Waals surface area contributed by atoms with Gasteiger partial charge in [-0.1, -0.05) is 12.1 Å². The maximum Gasteiger partial charge on any atom is 0.146 e. The molecule has 1 fully saturated rings. The summed E-state index contributed by atoms with van der Waals surface area (Å²) in [5.74, 6) is -0.130. The number of rotatable bonds is 3. The zero-order valence-electron chi connectivity index (χ0n) is 11.4. The molecule has 0 amide bonds. The van der Waals surface area contributed by atoms with Crippen LogP contribution in [0.5, 0.6) is 0 Å². The molecule has 0 spiro atoms. The van der Waals surface area contributed by atoms with E-state index in [-0.39, 0.29) is 5.82 Å². The highest BCUT2D eigenvalue weighted by Crippen LogP contribution is 2.25. The van der Waals surface area contributed by atoms with Crippen LogP contribution in [0.2, 0.25) is 0 Å². The number of benzene rings is 1. The molecule has 1 saturated heterocycles. The predicted molar refractivity (Wildman–Crippen MR) is 73.6 cm³/mol. The Morgan fingerprint density at radius 1 is 1.33 bits per heavy atom. The topological polar surface area (TPSA) is 18.5 Å². The van der Waals surface area contributed by atoms with Crippen molar-refractivity contribution in [1.29, 1.82) is 0 Å². The van der Waals surface area contributed by atoms with Gasteiger partial charge in [-0.15, -0.1) is 0 Å². The summed E-state index contributed by atoms with van der Waals surface area (Å²) < 4.78 is 14.0. The fourth-order valence-electron chi connectivity index (χ4n) is 2.68. The van der Waals surface area contributed by atoms with Crippen molar-refractivity contribution in [2.45, 2.75) is 19.0 Å². The van der Waals surface area contributed by atoms with Gasteiger partial charge in [0.2, 0.25) is 0 Å². The third-order valence-electron chi connectivity index (χ3n) is 3.39. The fourth-order valence-corrected chi connectivity index (χ4v) is 2.68. The molecule has 0 aromatic heterocycles. The third-order valence-corrected chi connectivity index (χ3v) is 3.39. The first-order valence-electron chi connectivity index (χ1n) is 6.48. The number of nitrogens with one attached hydrogen (secondary N) is 1. The van der Waals surface area contributed by atoms with Crippen molar-refractivity contribution in [2.24, 2.45) is 0 Å². The molecular formula is C14H22FN3. The first kappa shape index (κ1) is 13.3. The van der Waals surface area contributed by atoms with Crippen LogP contribution in [0.4, 0.5) is 10.1 Å². The monoisotopic (exact) mass is 251 g/mol. The second-order valence-corrected chi connectivity index (χ2v) is 5.28. The Bertz CT molecular complexity index is 394. The standard InChI is InChI=1S/C14H22FN3/c1-11-8-16-9-12(10-17(2)3)18(11)14-7-5-4-6-13(14)15/h4-7,11-12,16H,8-10H2,1-3H3. The molecule has 18 heavy (non-hydrogen) atoms. The molecule has 0 aliphatic carbocycles. The summed E-state index contributed by atoms with van der Waals surface area (Å²) in [5, 5.41) is 3.42. The maximum atomic E-state index is 14.0. The van der Waals surface area contributed by atoms with Gasteiger partial charge in [0.05, 0.1) is 11.7 Å². The Balaban J connectivity index is 2.27. The maximum absolute atomic E-state index is 14.0. The van der Waals surface area contributed by atoms with E-state index in [0.29, 0.717) is 12.1 Å². The highest BCUT2D eigenvalue weighted by atomic mass is 19.1. The summed E-state index contributed by atoms with van der Waals surface area (Å²) in [6.07, 6.45) is 0. The van der Waals surface area contributed by atoms with E-state index in [1.54, 1.807) is 6.07 Å². The van der Waals surface area contributed by atoms with E-state index in [9.17, 15) is 4.39 Å². The smallest absolute Gasteiger partial charge is 0.146 e. The molecule has 1 aromatic carbocycles. The lowest BCUT2D eigenvalue weighted by Crippen LogP contribution is -2.59. The number of halogens is 1. The minimum absolute atomic E-state index is 0.130. The molecule has 1 aliphatic heterocycles. The second kappa shape index (κ2) is 5.67. The highest BCUT2D eigenvalue weighted by molar-refractivity contribution is 5.50. The Labute approximate surface area is 109 Å². The number of likely N-dealkylation sites (N-methyl/N-ethyl adjacent to an activating group) is 1. The van der Waals surface area contributed by atoms with Crippen LogP contribution in [-0.2, 0) is 0 Å². The number of hydrogen-bond donors (Lipinski definition) is 1. The van der Waals surface area contributed by atoms with Crippen LogP contribution in [0.15, 0.2) is 24.3 Å². The van der Waals surface area contributed by atoms with E-state index in [1.807, 2.05) is 12.1 Å². The van der Waals surface area contributed by atoms with Crippen LogP contribution in [0, 0.1) is 5.82 Å². The van der Waals surface area contributed by atoms with Crippen molar-refractivity contribution in [3.8, 4) is 0 Å². The number of hydrogen-bond acceptors (Lipinski definition) is 3. The van der Waals surface area contributed by atoms with Gasteiger partial charge in [0, 0.05) is 25.7 Å². The Morgan fingerprint density at radius 2 is 2.06 bits per heavy atom. The first-order valence-corrected chi connectivity index (χ1v) is 6.48. The SMILES string of the molecule is CC1CNCC(CN(C)C)N1c1ccccc1F. The van der Waals surface area contributed by atoms with Crippen LogP contribution < -0.4 is 10.2 Å². The van der Waals surface area contributed by atoms with E-state index in [0.717, 1.165) is 25.3 Å². The molecular weight excluding hydrogens is 229 g/mol. The Hall–Kier alpha value is -1.13. The van der Waals surface area contributed by atoms with E-state index in [4.69, 9.17) is 0 Å². The van der Waals surface area contributed by atoms with Crippen molar-refractivity contribution in [3.63, 3.8) is 0 Å². The van der Waals surface area contributed by atoms with E-state index in [1.165, 1.54) is 6.07 Å². The molecule has 1 aromatic rings. The van der Waals surface area contributed by atoms with E-state index >= 15 is 0 Å². The van der Waals surface area contributed by atoms with Crippen molar-refractivity contribution in [2.75, 3.05) is 38.6 Å². The van der Waals surface area contributed by atoms with Crippen LogP contribution in [0.3, 0.4) is 0 Å². The minimum Gasteiger partial charge on any atom is -0.360 e. The molecule has 2 rings (SSSR count). The summed E-state index contributed by atoms with van der Waals surface area (Å²) in [4.78, 5) is 4.37. The minimum atomic E-state index is -0.130. The lowest BCUT2D eigenvalue weighted by Gasteiger charge is -2.44. The summed E-state index contributed by atoms with van der Waals surface area (Å²) in [5.41, 5.74) is 0.721. The van der Waals surface area contributed by atoms with Gasteiger partial charge >= 0.3 is 0 Å². The summed E-state index contributed by atoms with van der Waals surface area (Å²) in [6.45, 7) is 4.86. The quantitative estimate of drug-likeness (QED) is 0.879. The number of anilines is 1. The lowest BCUT2D eigenvalue weighted by molar-refractivity contribution is 0.314. The predicted octanol–water partition coefficient (Wildman–Crippen LogP) is 1.55. The largest absolute Gasteiger partial charge is 0.360 e. The second-order valence-electron chi connectivity index (χ2n) is 5.28. The van der Waals surface area contributed by atoms with Gasteiger partial charge in [-0.05, 0) is 33.2 Å². The molecule has 0 saturated carbocycles. The van der Waals surface area contributed by atoms with E-state index < -0.39 is 0 Å². The van der Waals surface area contributed by atoms with E-state index in [2.05, 4.69) is 36.1 Å². The van der Waals surface area contributed by atoms with Gasteiger partial charge in [-0.2, -0.15) is 0 Å². The molecule has 3 nitrogen and oxygen atoms in total. The van der Waals surface area contributed by atoms with Gasteiger partial charge in [0.15, 0.2) is 0 Å². The zero-order valence-corrected chi connectivity index (χ0v) is 11.4. The van der Waals surface area contributed by atoms with Crippen molar-refractivity contribution >= 4 is 5.69 Å². The van der Waals surface area contributed by atoms with Gasteiger partial charge in [0.1, 0.15) is 5.82 Å². The van der Waals surface area contributed by atoms with Gasteiger partial charge in [-0.3, -0.25) is 0 Å². The number of nitrogens with zero attached hydrogens (tertiary/aromatic N) is 2. The summed E-state index contributed by atoms with van der Waals surface area (Å²) >= 11 is 0. The highest BCUT2D eigenvalue weighted by Gasteiger charge is 2.29. The fraction of sp³-hybridized carbons (Fsp3) is 0.571. The average Bonchev–Trinajstić information content (AvgIpc) is 2.30. The summed E-state index contributed by atoms with van der Waals surface area (Å²) in [6, 6.07) is 7.67. The Morgan fingerprint density at radius 3 is 2.72 bits per heavy atom. The van der Waals surface area contributed by atoms with Crippen molar-refractivity contribution in [1.82, 2.24) is 10.2 Å². The third kappa shape index (κ3) is 2.82. The molecule has 1 heterocycles. The van der Waals surface area contributed by atoms with Gasteiger partial charge < -0.3 is 15.1 Å². The molecule has 100 valence electrons. The molecule has 2 atom stereocenters. The zero-order chi connectivity index (χ0) is 13.1. The number of para-hydroxylation sites is 1. The molecule has 0 bridgehead atoms. The summed E-state index contributed by atoms with van der Waals surface area (Å²) in [7, 11) is 4.11. The van der Waals surface area contributed by atoms with Crippen LogP contribution in [0.25, 0.3) is 0 Å². The van der Waals surface area contributed by atoms with Crippen LogP contribution >= 0.6 is 0 Å².